The Kier molecular flexibility index (Phi) is 4.72. The monoisotopic (exact) mass is 392 g/mol. The molecule has 7 heteroatoms. The zero-order chi connectivity index (χ0) is 19.0. The van der Waals surface area contributed by atoms with Crippen molar-refractivity contribution in [2.75, 3.05) is 18.0 Å². The molecule has 3 nitrogen and oxygen atoms in total. The minimum absolute atomic E-state index is 0.211. The second-order valence-electron chi connectivity index (χ2n) is 6.95. The van der Waals surface area contributed by atoms with Crippen molar-refractivity contribution in [3.63, 3.8) is 0 Å². The van der Waals surface area contributed by atoms with Crippen molar-refractivity contribution >= 4 is 27.2 Å². The van der Waals surface area contributed by atoms with E-state index in [-0.39, 0.29) is 11.7 Å². The summed E-state index contributed by atoms with van der Waals surface area (Å²) in [6.07, 6.45) is -2.24. The van der Waals surface area contributed by atoms with E-state index < -0.39 is 11.7 Å². The number of hydrogen-bond donors (Lipinski definition) is 1. The molecular formula is C20H19F3N2OS. The lowest BCUT2D eigenvalue weighted by atomic mass is 9.88. The number of halogens is 3. The minimum Gasteiger partial charge on any atom is -0.508 e. The predicted octanol–water partition coefficient (Wildman–Crippen LogP) is 5.48. The Labute approximate surface area is 159 Å². The van der Waals surface area contributed by atoms with E-state index in [1.54, 1.807) is 29.8 Å². The summed E-state index contributed by atoms with van der Waals surface area (Å²) >= 11 is 1.48. The van der Waals surface area contributed by atoms with E-state index in [0.717, 1.165) is 47.9 Å². The fourth-order valence-corrected chi connectivity index (χ4v) is 4.57. The molecule has 1 aliphatic rings. The molecule has 2 heterocycles. The Morgan fingerprint density at radius 1 is 1.15 bits per heavy atom. The van der Waals surface area contributed by atoms with Crippen molar-refractivity contribution in [1.82, 2.24) is 4.98 Å². The first-order chi connectivity index (χ1) is 12.9. The molecule has 0 bridgehead atoms. The predicted molar refractivity (Wildman–Crippen MR) is 101 cm³/mol. The molecule has 0 atom stereocenters. The van der Waals surface area contributed by atoms with Crippen LogP contribution >= 0.6 is 11.3 Å². The first kappa shape index (κ1) is 18.1. The number of phenolic OH excluding ortho intramolecular Hbond substituents is 1. The molecule has 1 saturated heterocycles. The highest BCUT2D eigenvalue weighted by Gasteiger charge is 2.33. The highest BCUT2D eigenvalue weighted by Crippen LogP contribution is 2.37. The molecule has 1 aliphatic heterocycles. The van der Waals surface area contributed by atoms with Crippen LogP contribution in [0.3, 0.4) is 0 Å². The number of phenols is 1. The Balaban J connectivity index is 1.48. The van der Waals surface area contributed by atoms with Crippen LogP contribution in [0.15, 0.2) is 41.9 Å². The van der Waals surface area contributed by atoms with Crippen LogP contribution in [0.4, 0.5) is 18.9 Å². The SMILES string of the molecule is Oc1cc(N2CCC(Cc3ccccc3C(F)(F)F)CC2)c2ncsc2c1. The fourth-order valence-electron chi connectivity index (χ4n) is 3.84. The number of benzene rings is 2. The highest BCUT2D eigenvalue weighted by molar-refractivity contribution is 7.16. The van der Waals surface area contributed by atoms with Crippen molar-refractivity contribution in [2.24, 2.45) is 5.92 Å². The summed E-state index contributed by atoms with van der Waals surface area (Å²) in [5, 5.41) is 9.96. The van der Waals surface area contributed by atoms with Gasteiger partial charge in [-0.25, -0.2) is 4.98 Å². The third-order valence-electron chi connectivity index (χ3n) is 5.19. The topological polar surface area (TPSA) is 36.4 Å². The number of aromatic hydroxyl groups is 1. The molecule has 0 radical (unpaired) electrons. The van der Waals surface area contributed by atoms with E-state index in [0.29, 0.717) is 12.0 Å². The highest BCUT2D eigenvalue weighted by atomic mass is 32.1. The van der Waals surface area contributed by atoms with Crippen LogP contribution in [0.2, 0.25) is 0 Å². The molecule has 0 aliphatic carbocycles. The maximum absolute atomic E-state index is 13.2. The average molecular weight is 392 g/mol. The number of alkyl halides is 3. The molecule has 0 spiro atoms. The lowest BCUT2D eigenvalue weighted by molar-refractivity contribution is -0.138. The maximum Gasteiger partial charge on any atom is 0.416 e. The van der Waals surface area contributed by atoms with Gasteiger partial charge in [0.05, 0.1) is 21.5 Å². The molecule has 4 rings (SSSR count). The van der Waals surface area contributed by atoms with E-state index in [9.17, 15) is 18.3 Å². The number of aromatic nitrogens is 1. The quantitative estimate of drug-likeness (QED) is 0.641. The molecular weight excluding hydrogens is 373 g/mol. The number of anilines is 1. The lowest BCUT2D eigenvalue weighted by Gasteiger charge is -2.34. The second kappa shape index (κ2) is 7.03. The Morgan fingerprint density at radius 3 is 2.63 bits per heavy atom. The van der Waals surface area contributed by atoms with Gasteiger partial charge in [0, 0.05) is 19.2 Å². The molecule has 1 aromatic heterocycles. The third kappa shape index (κ3) is 3.74. The van der Waals surface area contributed by atoms with Gasteiger partial charge in [0.1, 0.15) is 11.3 Å². The Hall–Kier alpha value is -2.28. The van der Waals surface area contributed by atoms with Crippen LogP contribution in [-0.2, 0) is 12.6 Å². The number of nitrogens with zero attached hydrogens (tertiary/aromatic N) is 2. The van der Waals surface area contributed by atoms with Gasteiger partial charge in [-0.05, 0) is 42.9 Å². The number of piperidine rings is 1. The summed E-state index contributed by atoms with van der Waals surface area (Å²) in [5.74, 6) is 0.427. The first-order valence-corrected chi connectivity index (χ1v) is 9.76. The van der Waals surface area contributed by atoms with Gasteiger partial charge in [-0.1, -0.05) is 18.2 Å². The molecule has 2 aromatic carbocycles. The van der Waals surface area contributed by atoms with Crippen LogP contribution in [0.25, 0.3) is 10.2 Å². The van der Waals surface area contributed by atoms with Crippen molar-refractivity contribution in [3.8, 4) is 5.75 Å². The number of rotatable bonds is 3. The number of hydrogen-bond acceptors (Lipinski definition) is 4. The summed E-state index contributed by atoms with van der Waals surface area (Å²) in [5.41, 5.74) is 3.39. The molecule has 1 N–H and O–H groups in total. The van der Waals surface area contributed by atoms with E-state index in [2.05, 4.69) is 9.88 Å². The van der Waals surface area contributed by atoms with Crippen molar-refractivity contribution in [2.45, 2.75) is 25.4 Å². The molecule has 1 fully saturated rings. The lowest BCUT2D eigenvalue weighted by Crippen LogP contribution is -2.34. The molecule has 0 amide bonds. The summed E-state index contributed by atoms with van der Waals surface area (Å²) in [6.45, 7) is 1.49. The average Bonchev–Trinajstić information content (AvgIpc) is 3.09. The van der Waals surface area contributed by atoms with Crippen LogP contribution in [0, 0.1) is 5.92 Å². The molecule has 27 heavy (non-hydrogen) atoms. The normalized spacial score (nSPS) is 16.2. The van der Waals surface area contributed by atoms with Crippen LogP contribution < -0.4 is 4.90 Å². The van der Waals surface area contributed by atoms with E-state index in [1.165, 1.54) is 17.4 Å². The number of thiazole rings is 1. The van der Waals surface area contributed by atoms with Crippen LogP contribution in [0.1, 0.15) is 24.0 Å². The number of fused-ring (bicyclic) bond motifs is 1. The summed E-state index contributed by atoms with van der Waals surface area (Å²) in [4.78, 5) is 6.58. The van der Waals surface area contributed by atoms with E-state index in [1.807, 2.05) is 0 Å². The zero-order valence-electron chi connectivity index (χ0n) is 14.5. The minimum atomic E-state index is -4.31. The standard InChI is InChI=1S/C20H19F3N2OS/c21-20(22,23)16-4-2-1-3-14(16)9-13-5-7-25(8-6-13)17-10-15(26)11-18-19(17)24-12-27-18/h1-4,10-13,26H,5-9H2. The van der Waals surface area contributed by atoms with Crippen LogP contribution in [-0.4, -0.2) is 23.2 Å². The van der Waals surface area contributed by atoms with Crippen molar-refractivity contribution in [3.05, 3.63) is 53.0 Å². The Morgan fingerprint density at radius 2 is 1.89 bits per heavy atom. The third-order valence-corrected chi connectivity index (χ3v) is 5.96. The molecule has 0 saturated carbocycles. The van der Waals surface area contributed by atoms with E-state index >= 15 is 0 Å². The molecule has 142 valence electrons. The first-order valence-electron chi connectivity index (χ1n) is 8.88. The summed E-state index contributed by atoms with van der Waals surface area (Å²) in [7, 11) is 0. The van der Waals surface area contributed by atoms with Gasteiger partial charge < -0.3 is 10.0 Å². The summed E-state index contributed by atoms with van der Waals surface area (Å²) in [6, 6.07) is 9.29. The van der Waals surface area contributed by atoms with Crippen molar-refractivity contribution < 1.29 is 18.3 Å². The summed E-state index contributed by atoms with van der Waals surface area (Å²) < 4.78 is 40.5. The van der Waals surface area contributed by atoms with Crippen LogP contribution in [0.5, 0.6) is 5.75 Å². The largest absolute Gasteiger partial charge is 0.508 e. The van der Waals surface area contributed by atoms with Gasteiger partial charge in [0.15, 0.2) is 0 Å². The zero-order valence-corrected chi connectivity index (χ0v) is 15.4. The van der Waals surface area contributed by atoms with Gasteiger partial charge in [-0.2, -0.15) is 13.2 Å². The molecule has 3 aromatic rings. The fraction of sp³-hybridized carbons (Fsp3) is 0.350. The van der Waals surface area contributed by atoms with Gasteiger partial charge >= 0.3 is 6.18 Å². The Bertz CT molecular complexity index is 946. The van der Waals surface area contributed by atoms with Gasteiger partial charge in [0.2, 0.25) is 0 Å². The van der Waals surface area contributed by atoms with Gasteiger partial charge in [-0.3, -0.25) is 0 Å². The van der Waals surface area contributed by atoms with Gasteiger partial charge in [0.25, 0.3) is 0 Å². The van der Waals surface area contributed by atoms with Gasteiger partial charge in [-0.15, -0.1) is 11.3 Å². The van der Waals surface area contributed by atoms with E-state index in [4.69, 9.17) is 0 Å². The van der Waals surface area contributed by atoms with Crippen molar-refractivity contribution in [1.29, 1.82) is 0 Å². The smallest absolute Gasteiger partial charge is 0.416 e. The second-order valence-corrected chi connectivity index (χ2v) is 7.84. The maximum atomic E-state index is 13.2. The molecule has 0 unspecified atom stereocenters.